The zero-order valence-corrected chi connectivity index (χ0v) is 16.1. The van der Waals surface area contributed by atoms with Crippen molar-refractivity contribution in [2.45, 2.75) is 38.1 Å². The maximum atomic E-state index is 13.2. The number of carbonyl (C=O) groups is 2. The monoisotopic (exact) mass is 398 g/mol. The lowest BCUT2D eigenvalue weighted by atomic mass is 9.99. The largest absolute Gasteiger partial charge is 0.340 e. The molecule has 2 aliphatic heterocycles. The number of amides is 2. The summed E-state index contributed by atoms with van der Waals surface area (Å²) in [6.07, 6.45) is 4.11. The van der Waals surface area contributed by atoms with E-state index in [0.717, 1.165) is 36.9 Å². The summed E-state index contributed by atoms with van der Waals surface area (Å²) < 4.78 is 14.3. The van der Waals surface area contributed by atoms with E-state index in [1.54, 1.807) is 4.90 Å². The highest BCUT2D eigenvalue weighted by molar-refractivity contribution is 5.92. The Morgan fingerprint density at radius 3 is 2.38 bits per heavy atom. The van der Waals surface area contributed by atoms with Gasteiger partial charge in [0.15, 0.2) is 0 Å². The molecule has 2 fully saturated rings. The van der Waals surface area contributed by atoms with Crippen LogP contribution >= 0.6 is 0 Å². The van der Waals surface area contributed by atoms with Crippen LogP contribution in [0.1, 0.15) is 42.6 Å². The topological polar surface area (TPSA) is 75.5 Å². The van der Waals surface area contributed by atoms with Gasteiger partial charge in [-0.1, -0.05) is 0 Å². The van der Waals surface area contributed by atoms with Gasteiger partial charge in [-0.3, -0.25) is 14.4 Å². The Hall–Kier alpha value is -3.03. The van der Waals surface area contributed by atoms with Crippen LogP contribution in [0, 0.1) is 5.82 Å². The Labute approximate surface area is 167 Å². The van der Waals surface area contributed by atoms with Crippen LogP contribution in [0.15, 0.2) is 41.2 Å². The first-order chi connectivity index (χ1) is 14.0. The molecular weight excluding hydrogens is 375 g/mol. The van der Waals surface area contributed by atoms with E-state index < -0.39 is 11.4 Å². The van der Waals surface area contributed by atoms with E-state index in [-0.39, 0.29) is 23.6 Å². The fourth-order valence-electron chi connectivity index (χ4n) is 4.05. The molecule has 29 heavy (non-hydrogen) atoms. The third-order valence-electron chi connectivity index (χ3n) is 5.64. The molecule has 152 valence electrons. The first-order valence-electron chi connectivity index (χ1n) is 9.98. The third-order valence-corrected chi connectivity index (χ3v) is 5.64. The highest BCUT2D eigenvalue weighted by Gasteiger charge is 2.31. The number of piperidine rings is 2. The van der Waals surface area contributed by atoms with Crippen LogP contribution in [0.5, 0.6) is 0 Å². The second-order valence-electron chi connectivity index (χ2n) is 7.51. The van der Waals surface area contributed by atoms with E-state index in [4.69, 9.17) is 0 Å². The minimum absolute atomic E-state index is 0.168. The zero-order chi connectivity index (χ0) is 20.4. The molecule has 0 radical (unpaired) electrons. The second kappa shape index (κ2) is 8.14. The lowest BCUT2D eigenvalue weighted by Crippen LogP contribution is -2.50. The summed E-state index contributed by atoms with van der Waals surface area (Å²) in [4.78, 5) is 40.9. The molecule has 0 unspecified atom stereocenters. The number of rotatable bonds is 3. The van der Waals surface area contributed by atoms with Gasteiger partial charge in [-0.15, -0.1) is 0 Å². The molecule has 2 amide bonds. The van der Waals surface area contributed by atoms with E-state index in [2.05, 4.69) is 5.10 Å². The fraction of sp³-hybridized carbons (Fsp3) is 0.429. The molecule has 8 heteroatoms. The van der Waals surface area contributed by atoms with Gasteiger partial charge in [0.25, 0.3) is 11.5 Å². The van der Waals surface area contributed by atoms with Gasteiger partial charge >= 0.3 is 0 Å². The lowest BCUT2D eigenvalue weighted by Gasteiger charge is -2.40. The minimum atomic E-state index is -0.413. The Balaban J connectivity index is 1.46. The van der Waals surface area contributed by atoms with Gasteiger partial charge in [0, 0.05) is 38.2 Å². The number of hydrogen-bond acceptors (Lipinski definition) is 4. The van der Waals surface area contributed by atoms with Gasteiger partial charge in [-0.05, 0) is 56.0 Å². The van der Waals surface area contributed by atoms with Gasteiger partial charge in [0.2, 0.25) is 5.91 Å². The van der Waals surface area contributed by atoms with Crippen LogP contribution in [0.3, 0.4) is 0 Å². The van der Waals surface area contributed by atoms with Gasteiger partial charge in [-0.25, -0.2) is 4.39 Å². The number of nitrogens with zero attached hydrogens (tertiary/aromatic N) is 4. The van der Waals surface area contributed by atoms with Crippen molar-refractivity contribution in [1.29, 1.82) is 0 Å². The SMILES string of the molecule is O=C(c1ccc(=O)n(-c2ccc(F)cc2)n1)N1CCC(N2CCCCC2=O)CC1. The lowest BCUT2D eigenvalue weighted by molar-refractivity contribution is -0.136. The summed E-state index contributed by atoms with van der Waals surface area (Å²) in [7, 11) is 0. The van der Waals surface area contributed by atoms with E-state index in [1.807, 2.05) is 4.90 Å². The van der Waals surface area contributed by atoms with Crippen LogP contribution in [0.25, 0.3) is 5.69 Å². The van der Waals surface area contributed by atoms with Crippen molar-refractivity contribution in [2.24, 2.45) is 0 Å². The van der Waals surface area contributed by atoms with E-state index in [9.17, 15) is 18.8 Å². The number of likely N-dealkylation sites (tertiary alicyclic amines) is 2. The van der Waals surface area contributed by atoms with Crippen molar-refractivity contribution in [3.63, 3.8) is 0 Å². The minimum Gasteiger partial charge on any atom is -0.340 e. The molecule has 2 aliphatic rings. The van der Waals surface area contributed by atoms with Gasteiger partial charge in [0.05, 0.1) is 5.69 Å². The summed E-state index contributed by atoms with van der Waals surface area (Å²) in [5.41, 5.74) is 0.172. The molecule has 0 bridgehead atoms. The average Bonchev–Trinajstić information content (AvgIpc) is 2.75. The zero-order valence-electron chi connectivity index (χ0n) is 16.1. The summed E-state index contributed by atoms with van der Waals surface area (Å²) in [6.45, 7) is 1.90. The van der Waals surface area contributed by atoms with Crippen molar-refractivity contribution in [3.8, 4) is 5.69 Å². The standard InChI is InChI=1S/C21H23FN4O3/c22-15-4-6-17(7-5-15)26-20(28)9-8-18(23-26)21(29)24-13-10-16(11-14-24)25-12-2-1-3-19(25)27/h4-9,16H,1-3,10-14H2. The first kappa shape index (κ1) is 19.3. The molecule has 0 aliphatic carbocycles. The number of halogens is 1. The highest BCUT2D eigenvalue weighted by atomic mass is 19.1. The van der Waals surface area contributed by atoms with E-state index in [0.29, 0.717) is 25.2 Å². The van der Waals surface area contributed by atoms with Crippen LogP contribution in [-0.4, -0.2) is 57.1 Å². The molecule has 7 nitrogen and oxygen atoms in total. The molecule has 1 aromatic heterocycles. The Morgan fingerprint density at radius 1 is 0.966 bits per heavy atom. The number of aromatic nitrogens is 2. The molecule has 0 spiro atoms. The Morgan fingerprint density at radius 2 is 1.69 bits per heavy atom. The maximum Gasteiger partial charge on any atom is 0.274 e. The molecule has 3 heterocycles. The van der Waals surface area contributed by atoms with Gasteiger partial charge in [-0.2, -0.15) is 9.78 Å². The number of carbonyl (C=O) groups excluding carboxylic acids is 2. The second-order valence-corrected chi connectivity index (χ2v) is 7.51. The highest BCUT2D eigenvalue weighted by Crippen LogP contribution is 2.22. The molecular formula is C21H23FN4O3. The Kier molecular flexibility index (Phi) is 5.42. The average molecular weight is 398 g/mol. The third kappa shape index (κ3) is 4.06. The summed E-state index contributed by atoms with van der Waals surface area (Å²) in [5, 5.41) is 4.19. The van der Waals surface area contributed by atoms with Crippen LogP contribution in [0.2, 0.25) is 0 Å². The van der Waals surface area contributed by atoms with Crippen LogP contribution < -0.4 is 5.56 Å². The van der Waals surface area contributed by atoms with Gasteiger partial charge < -0.3 is 9.80 Å². The summed E-state index contributed by atoms with van der Waals surface area (Å²) in [5.74, 6) is -0.442. The van der Waals surface area contributed by atoms with Crippen molar-refractivity contribution >= 4 is 11.8 Å². The first-order valence-corrected chi connectivity index (χ1v) is 9.98. The van der Waals surface area contributed by atoms with E-state index >= 15 is 0 Å². The molecule has 4 rings (SSSR count). The number of hydrogen-bond donors (Lipinski definition) is 0. The molecule has 0 atom stereocenters. The quantitative estimate of drug-likeness (QED) is 0.793. The molecule has 0 N–H and O–H groups in total. The fourth-order valence-corrected chi connectivity index (χ4v) is 4.05. The van der Waals surface area contributed by atoms with Crippen molar-refractivity contribution in [1.82, 2.24) is 19.6 Å². The smallest absolute Gasteiger partial charge is 0.274 e. The van der Waals surface area contributed by atoms with Crippen molar-refractivity contribution in [2.75, 3.05) is 19.6 Å². The van der Waals surface area contributed by atoms with E-state index in [1.165, 1.54) is 36.4 Å². The maximum absolute atomic E-state index is 13.2. The molecule has 2 saturated heterocycles. The van der Waals surface area contributed by atoms with Crippen molar-refractivity contribution < 1.29 is 14.0 Å². The molecule has 0 saturated carbocycles. The summed E-state index contributed by atoms with van der Waals surface area (Å²) >= 11 is 0. The number of benzene rings is 1. The predicted molar refractivity (Wildman–Crippen MR) is 104 cm³/mol. The Bertz CT molecular complexity index is 965. The molecule has 1 aromatic carbocycles. The van der Waals surface area contributed by atoms with Crippen molar-refractivity contribution in [3.05, 3.63) is 58.3 Å². The summed E-state index contributed by atoms with van der Waals surface area (Å²) in [6, 6.07) is 8.27. The van der Waals surface area contributed by atoms with Crippen LogP contribution in [-0.2, 0) is 4.79 Å². The predicted octanol–water partition coefficient (Wildman–Crippen LogP) is 1.99. The molecule has 2 aromatic rings. The van der Waals surface area contributed by atoms with Crippen LogP contribution in [0.4, 0.5) is 4.39 Å². The van der Waals surface area contributed by atoms with Gasteiger partial charge in [0.1, 0.15) is 11.5 Å². The normalized spacial score (nSPS) is 18.2.